The van der Waals surface area contributed by atoms with Crippen molar-refractivity contribution < 1.29 is 25.5 Å². The van der Waals surface area contributed by atoms with Gasteiger partial charge in [-0.3, -0.25) is 0 Å². The number of aliphatic hydroxyl groups is 5. The van der Waals surface area contributed by atoms with Gasteiger partial charge in [0.2, 0.25) is 0 Å². The summed E-state index contributed by atoms with van der Waals surface area (Å²) < 4.78 is 0. The lowest BCUT2D eigenvalue weighted by atomic mass is 10.0. The van der Waals surface area contributed by atoms with Gasteiger partial charge in [-0.2, -0.15) is 0 Å². The van der Waals surface area contributed by atoms with E-state index in [1.165, 1.54) is 0 Å². The van der Waals surface area contributed by atoms with Crippen LogP contribution in [0.2, 0.25) is 0 Å². The molecule has 1 aliphatic rings. The summed E-state index contributed by atoms with van der Waals surface area (Å²) in [6, 6.07) is 0. The fraction of sp³-hybridized carbons (Fsp3) is 1.00. The Hall–Kier alpha value is 0.150. The Morgan fingerprint density at radius 1 is 0.917 bits per heavy atom. The highest BCUT2D eigenvalue weighted by Gasteiger charge is 2.42. The fourth-order valence-electron chi connectivity index (χ4n) is 1.08. The van der Waals surface area contributed by atoms with Crippen LogP contribution in [0.3, 0.4) is 0 Å². The van der Waals surface area contributed by atoms with Crippen molar-refractivity contribution in [3.05, 3.63) is 0 Å². The molecular weight excluding hydrogens is 184 g/mol. The highest BCUT2D eigenvalue weighted by molar-refractivity contribution is 8.00. The average Bonchev–Trinajstić information content (AvgIpc) is 2.08. The highest BCUT2D eigenvalue weighted by atomic mass is 32.2. The third-order valence-corrected chi connectivity index (χ3v) is 3.20. The van der Waals surface area contributed by atoms with E-state index >= 15 is 0 Å². The van der Waals surface area contributed by atoms with E-state index in [0.29, 0.717) is 0 Å². The largest absolute Gasteiger partial charge is 0.395 e. The lowest BCUT2D eigenvalue weighted by Gasteiger charge is -2.36. The lowest BCUT2D eigenvalue weighted by Crippen LogP contribution is -2.53. The summed E-state index contributed by atoms with van der Waals surface area (Å²) in [6.45, 7) is -0.341. The SMILES string of the molecule is OC[C@H]1S[C@@H](O)[C@H](O)[C@@H](O)[C@@H]1O. The molecule has 0 saturated carbocycles. The molecule has 0 aromatic heterocycles. The second kappa shape index (κ2) is 3.91. The van der Waals surface area contributed by atoms with E-state index in [0.717, 1.165) is 11.8 Å². The molecule has 0 aliphatic carbocycles. The second-order valence-corrected chi connectivity index (χ2v) is 4.08. The van der Waals surface area contributed by atoms with Crippen LogP contribution >= 0.6 is 11.8 Å². The maximum atomic E-state index is 9.22. The summed E-state index contributed by atoms with van der Waals surface area (Å²) in [5, 5.41) is 44.6. The molecule has 5 nitrogen and oxygen atoms in total. The Morgan fingerprint density at radius 3 is 2.00 bits per heavy atom. The molecule has 0 unspecified atom stereocenters. The first kappa shape index (κ1) is 10.2. The van der Waals surface area contributed by atoms with Gasteiger partial charge in [0.15, 0.2) is 0 Å². The van der Waals surface area contributed by atoms with Gasteiger partial charge in [0, 0.05) is 0 Å². The first-order chi connectivity index (χ1) is 5.57. The van der Waals surface area contributed by atoms with E-state index in [2.05, 4.69) is 0 Å². The first-order valence-electron chi connectivity index (χ1n) is 3.56. The van der Waals surface area contributed by atoms with Crippen LogP contribution in [0, 0.1) is 0 Å². The summed E-state index contributed by atoms with van der Waals surface area (Å²) >= 11 is 0.852. The molecule has 72 valence electrons. The van der Waals surface area contributed by atoms with Gasteiger partial charge < -0.3 is 25.5 Å². The van der Waals surface area contributed by atoms with Crippen molar-refractivity contribution in [2.75, 3.05) is 6.61 Å². The van der Waals surface area contributed by atoms with Gasteiger partial charge in [0.05, 0.1) is 18.0 Å². The smallest absolute Gasteiger partial charge is 0.128 e. The van der Waals surface area contributed by atoms with Gasteiger partial charge in [-0.15, -0.1) is 11.8 Å². The molecule has 6 heteroatoms. The maximum absolute atomic E-state index is 9.22. The van der Waals surface area contributed by atoms with Crippen molar-refractivity contribution in [1.29, 1.82) is 0 Å². The van der Waals surface area contributed by atoms with E-state index in [-0.39, 0.29) is 6.61 Å². The predicted molar refractivity (Wildman–Crippen MR) is 42.5 cm³/mol. The Balaban J connectivity index is 2.63. The van der Waals surface area contributed by atoms with Gasteiger partial charge in [0.1, 0.15) is 17.6 Å². The van der Waals surface area contributed by atoms with Crippen LogP contribution in [0.25, 0.3) is 0 Å². The molecule has 5 atom stereocenters. The monoisotopic (exact) mass is 196 g/mol. The highest BCUT2D eigenvalue weighted by Crippen LogP contribution is 2.30. The normalized spacial score (nSPS) is 49.2. The van der Waals surface area contributed by atoms with Crippen molar-refractivity contribution in [1.82, 2.24) is 0 Å². The van der Waals surface area contributed by atoms with Crippen molar-refractivity contribution in [3.8, 4) is 0 Å². The van der Waals surface area contributed by atoms with Crippen LogP contribution in [0.5, 0.6) is 0 Å². The van der Waals surface area contributed by atoms with E-state index in [9.17, 15) is 5.11 Å². The molecule has 1 aliphatic heterocycles. The van der Waals surface area contributed by atoms with Crippen molar-refractivity contribution in [3.63, 3.8) is 0 Å². The summed E-state index contributed by atoms with van der Waals surface area (Å²) in [6.07, 6.45) is -3.94. The van der Waals surface area contributed by atoms with E-state index in [4.69, 9.17) is 20.4 Å². The summed E-state index contributed by atoms with van der Waals surface area (Å²) in [4.78, 5) is 0. The average molecular weight is 196 g/mol. The number of hydrogen-bond acceptors (Lipinski definition) is 6. The minimum Gasteiger partial charge on any atom is -0.395 e. The van der Waals surface area contributed by atoms with Crippen molar-refractivity contribution in [2.45, 2.75) is 29.0 Å². The van der Waals surface area contributed by atoms with Crippen LogP contribution < -0.4 is 0 Å². The zero-order valence-corrected chi connectivity index (χ0v) is 7.05. The maximum Gasteiger partial charge on any atom is 0.128 e. The van der Waals surface area contributed by atoms with E-state index < -0.39 is 29.0 Å². The van der Waals surface area contributed by atoms with Crippen molar-refractivity contribution in [2.24, 2.45) is 0 Å². The van der Waals surface area contributed by atoms with Gasteiger partial charge >= 0.3 is 0 Å². The van der Waals surface area contributed by atoms with Gasteiger partial charge in [-0.25, -0.2) is 0 Å². The summed E-state index contributed by atoms with van der Waals surface area (Å²) in [7, 11) is 0. The van der Waals surface area contributed by atoms with E-state index in [1.807, 2.05) is 0 Å². The van der Waals surface area contributed by atoms with Crippen LogP contribution in [0.4, 0.5) is 0 Å². The molecule has 0 radical (unpaired) electrons. The quantitative estimate of drug-likeness (QED) is 0.318. The van der Waals surface area contributed by atoms with E-state index in [1.54, 1.807) is 0 Å². The molecular formula is C6H12O5S. The fourth-order valence-corrected chi connectivity index (χ4v) is 2.17. The molecule has 1 fully saturated rings. The standard InChI is InChI=1S/C6H12O5S/c7-1-2-3(8)4(9)5(10)6(11)12-2/h2-11H,1H2/t2-,3-,4+,5-,6-/m1/s1. The van der Waals surface area contributed by atoms with Gasteiger partial charge in [0.25, 0.3) is 0 Å². The van der Waals surface area contributed by atoms with Crippen molar-refractivity contribution >= 4 is 11.8 Å². The molecule has 1 heterocycles. The minimum atomic E-state index is -1.39. The van der Waals surface area contributed by atoms with Gasteiger partial charge in [-0.05, 0) is 0 Å². The predicted octanol–water partition coefficient (Wildman–Crippen LogP) is -2.50. The molecule has 1 rings (SSSR count). The van der Waals surface area contributed by atoms with Crippen LogP contribution in [-0.2, 0) is 0 Å². The Kier molecular flexibility index (Phi) is 3.33. The summed E-state index contributed by atoms with van der Waals surface area (Å²) in [5.74, 6) is 0. The van der Waals surface area contributed by atoms with Crippen LogP contribution in [-0.4, -0.2) is 61.1 Å². The topological polar surface area (TPSA) is 101 Å². The Bertz CT molecular complexity index is 150. The van der Waals surface area contributed by atoms with Gasteiger partial charge in [-0.1, -0.05) is 0 Å². The molecule has 0 spiro atoms. The molecule has 0 amide bonds. The van der Waals surface area contributed by atoms with Crippen LogP contribution in [0.15, 0.2) is 0 Å². The number of hydrogen-bond donors (Lipinski definition) is 5. The molecule has 1 saturated heterocycles. The zero-order valence-electron chi connectivity index (χ0n) is 6.24. The Morgan fingerprint density at radius 2 is 1.50 bits per heavy atom. The lowest BCUT2D eigenvalue weighted by molar-refractivity contribution is -0.0953. The minimum absolute atomic E-state index is 0.341. The summed E-state index contributed by atoms with van der Waals surface area (Å²) in [5.41, 5.74) is -1.15. The molecule has 0 aromatic carbocycles. The third-order valence-electron chi connectivity index (χ3n) is 1.87. The first-order valence-corrected chi connectivity index (χ1v) is 4.50. The zero-order chi connectivity index (χ0) is 9.30. The second-order valence-electron chi connectivity index (χ2n) is 2.72. The molecule has 12 heavy (non-hydrogen) atoms. The molecule has 0 bridgehead atoms. The molecule has 0 aromatic rings. The molecule has 5 N–H and O–H groups in total. The Labute approximate surface area is 73.7 Å². The number of aliphatic hydroxyl groups excluding tert-OH is 5. The third kappa shape index (κ3) is 1.73. The number of rotatable bonds is 1. The van der Waals surface area contributed by atoms with Crippen LogP contribution in [0.1, 0.15) is 0 Å². The number of thioether (sulfide) groups is 1.